The molecule has 2 aromatic carbocycles. The zero-order valence-corrected chi connectivity index (χ0v) is 12.0. The maximum atomic E-state index is 13.7. The highest BCUT2D eigenvalue weighted by Gasteiger charge is 2.19. The highest BCUT2D eigenvalue weighted by atomic mass is 32.2. The number of hydrogen-bond donors (Lipinski definition) is 2. The van der Waals surface area contributed by atoms with Crippen LogP contribution in [0.3, 0.4) is 0 Å². The van der Waals surface area contributed by atoms with Gasteiger partial charge in [0.05, 0.1) is 10.6 Å². The summed E-state index contributed by atoms with van der Waals surface area (Å²) in [6.45, 7) is 3.27. The molecule has 0 aromatic heterocycles. The second kappa shape index (κ2) is 5.13. The Morgan fingerprint density at radius 2 is 1.80 bits per heavy atom. The van der Waals surface area contributed by atoms with Crippen LogP contribution in [0.25, 0.3) is 0 Å². The van der Waals surface area contributed by atoms with Gasteiger partial charge in [-0.3, -0.25) is 4.72 Å². The summed E-state index contributed by atoms with van der Waals surface area (Å²) in [7, 11) is -3.85. The number of aryl methyl sites for hydroxylation is 2. The summed E-state index contributed by atoms with van der Waals surface area (Å²) in [6.07, 6.45) is 0. The van der Waals surface area contributed by atoms with Gasteiger partial charge < -0.3 is 5.73 Å². The van der Waals surface area contributed by atoms with Crippen LogP contribution in [0.4, 0.5) is 15.8 Å². The quantitative estimate of drug-likeness (QED) is 0.855. The molecule has 0 aliphatic heterocycles. The predicted octanol–water partition coefficient (Wildman–Crippen LogP) is 2.83. The van der Waals surface area contributed by atoms with Crippen molar-refractivity contribution in [2.24, 2.45) is 0 Å². The molecule has 0 bridgehead atoms. The van der Waals surface area contributed by atoms with E-state index in [9.17, 15) is 12.8 Å². The Kier molecular flexibility index (Phi) is 3.67. The Labute approximate surface area is 117 Å². The second-order valence-corrected chi connectivity index (χ2v) is 6.21. The number of halogens is 1. The molecule has 2 aromatic rings. The van der Waals surface area contributed by atoms with Crippen molar-refractivity contribution in [1.29, 1.82) is 0 Å². The third kappa shape index (κ3) is 2.75. The van der Waals surface area contributed by atoms with E-state index >= 15 is 0 Å². The van der Waals surface area contributed by atoms with E-state index in [1.54, 1.807) is 26.0 Å². The molecule has 0 saturated carbocycles. The van der Waals surface area contributed by atoms with Gasteiger partial charge in [0.1, 0.15) is 5.82 Å². The van der Waals surface area contributed by atoms with Crippen LogP contribution in [0.15, 0.2) is 41.3 Å². The first-order valence-corrected chi connectivity index (χ1v) is 7.43. The second-order valence-electron chi connectivity index (χ2n) is 4.56. The molecule has 4 nitrogen and oxygen atoms in total. The van der Waals surface area contributed by atoms with E-state index < -0.39 is 15.8 Å². The van der Waals surface area contributed by atoms with Crippen molar-refractivity contribution in [1.82, 2.24) is 0 Å². The van der Waals surface area contributed by atoms with E-state index in [1.807, 2.05) is 0 Å². The van der Waals surface area contributed by atoms with Crippen LogP contribution >= 0.6 is 0 Å². The number of nitrogen functional groups attached to an aromatic ring is 1. The van der Waals surface area contributed by atoms with Crippen LogP contribution in [0, 0.1) is 19.7 Å². The highest BCUT2D eigenvalue weighted by molar-refractivity contribution is 7.92. The molecule has 0 spiro atoms. The van der Waals surface area contributed by atoms with Gasteiger partial charge in [0, 0.05) is 5.69 Å². The van der Waals surface area contributed by atoms with E-state index in [4.69, 9.17) is 5.73 Å². The van der Waals surface area contributed by atoms with Gasteiger partial charge in [-0.15, -0.1) is 0 Å². The summed E-state index contributed by atoms with van der Waals surface area (Å²) in [5, 5.41) is 0. The highest BCUT2D eigenvalue weighted by Crippen LogP contribution is 2.25. The third-order valence-electron chi connectivity index (χ3n) is 2.95. The van der Waals surface area contributed by atoms with Gasteiger partial charge in [0.15, 0.2) is 0 Å². The van der Waals surface area contributed by atoms with Gasteiger partial charge in [-0.2, -0.15) is 0 Å². The van der Waals surface area contributed by atoms with E-state index in [0.29, 0.717) is 16.8 Å². The molecule has 0 aliphatic carbocycles. The van der Waals surface area contributed by atoms with E-state index in [1.165, 1.54) is 24.3 Å². The molecule has 0 atom stereocenters. The normalized spacial score (nSPS) is 11.3. The summed E-state index contributed by atoms with van der Waals surface area (Å²) in [5.41, 5.74) is 7.06. The smallest absolute Gasteiger partial charge is 0.262 e. The minimum atomic E-state index is -3.85. The van der Waals surface area contributed by atoms with Gasteiger partial charge in [0.25, 0.3) is 10.0 Å². The standard InChI is InChI=1S/C14H15FN2O2S/c1-9-4-3-5-12(15)14(9)17-20(18,19)13-7-6-11(16)8-10(13)2/h3-8,17H,16H2,1-2H3. The molecule has 0 aliphatic rings. The first-order chi connectivity index (χ1) is 9.31. The fourth-order valence-corrected chi connectivity index (χ4v) is 3.29. The van der Waals surface area contributed by atoms with Gasteiger partial charge in [-0.05, 0) is 49.2 Å². The number of hydrogen-bond acceptors (Lipinski definition) is 3. The van der Waals surface area contributed by atoms with Crippen LogP contribution in [0.2, 0.25) is 0 Å². The zero-order chi connectivity index (χ0) is 14.9. The Hall–Kier alpha value is -2.08. The van der Waals surface area contributed by atoms with Crippen LogP contribution in [0.1, 0.15) is 11.1 Å². The summed E-state index contributed by atoms with van der Waals surface area (Å²) in [4.78, 5) is 0.0781. The first kappa shape index (κ1) is 14.3. The fraction of sp³-hybridized carbons (Fsp3) is 0.143. The SMILES string of the molecule is Cc1cc(N)ccc1S(=O)(=O)Nc1c(C)cccc1F. The van der Waals surface area contributed by atoms with Crippen molar-refractivity contribution in [2.75, 3.05) is 10.5 Å². The fourth-order valence-electron chi connectivity index (χ4n) is 1.92. The van der Waals surface area contributed by atoms with Crippen LogP contribution in [-0.2, 0) is 10.0 Å². The summed E-state index contributed by atoms with van der Waals surface area (Å²) in [5.74, 6) is -0.610. The zero-order valence-electron chi connectivity index (χ0n) is 11.1. The molecular formula is C14H15FN2O2S. The average molecular weight is 294 g/mol. The number of para-hydroxylation sites is 1. The molecular weight excluding hydrogens is 279 g/mol. The lowest BCUT2D eigenvalue weighted by Gasteiger charge is -2.13. The lowest BCUT2D eigenvalue weighted by atomic mass is 10.2. The molecule has 0 fully saturated rings. The van der Waals surface area contributed by atoms with Crippen molar-refractivity contribution in [3.05, 3.63) is 53.3 Å². The lowest BCUT2D eigenvalue weighted by molar-refractivity contribution is 0.598. The summed E-state index contributed by atoms with van der Waals surface area (Å²) >= 11 is 0. The number of anilines is 2. The van der Waals surface area contributed by atoms with Crippen molar-refractivity contribution in [2.45, 2.75) is 18.7 Å². The maximum absolute atomic E-state index is 13.7. The Morgan fingerprint density at radius 3 is 2.40 bits per heavy atom. The lowest BCUT2D eigenvalue weighted by Crippen LogP contribution is -2.16. The molecule has 6 heteroatoms. The Morgan fingerprint density at radius 1 is 1.10 bits per heavy atom. The maximum Gasteiger partial charge on any atom is 0.262 e. The third-order valence-corrected chi connectivity index (χ3v) is 4.46. The molecule has 0 radical (unpaired) electrons. The number of rotatable bonds is 3. The predicted molar refractivity (Wildman–Crippen MR) is 77.5 cm³/mol. The van der Waals surface area contributed by atoms with Gasteiger partial charge in [-0.25, -0.2) is 12.8 Å². The average Bonchev–Trinajstić information content (AvgIpc) is 2.33. The van der Waals surface area contributed by atoms with Gasteiger partial charge >= 0.3 is 0 Å². The van der Waals surface area contributed by atoms with Crippen LogP contribution < -0.4 is 10.5 Å². The molecule has 0 saturated heterocycles. The summed E-state index contributed by atoms with van der Waals surface area (Å²) in [6, 6.07) is 8.83. The van der Waals surface area contributed by atoms with Gasteiger partial charge in [0.2, 0.25) is 0 Å². The Bertz CT molecular complexity index is 738. The topological polar surface area (TPSA) is 72.2 Å². The number of benzene rings is 2. The molecule has 0 unspecified atom stereocenters. The van der Waals surface area contributed by atoms with Crippen LogP contribution in [-0.4, -0.2) is 8.42 Å². The summed E-state index contributed by atoms with van der Waals surface area (Å²) < 4.78 is 40.6. The first-order valence-electron chi connectivity index (χ1n) is 5.95. The number of sulfonamides is 1. The van der Waals surface area contributed by atoms with Crippen molar-refractivity contribution < 1.29 is 12.8 Å². The number of nitrogens with one attached hydrogen (secondary N) is 1. The molecule has 2 rings (SSSR count). The molecule has 0 heterocycles. The van der Waals surface area contributed by atoms with Crippen molar-refractivity contribution in [3.8, 4) is 0 Å². The van der Waals surface area contributed by atoms with E-state index in [-0.39, 0.29) is 10.6 Å². The molecule has 3 N–H and O–H groups in total. The minimum Gasteiger partial charge on any atom is -0.399 e. The Balaban J connectivity index is 2.46. The molecule has 20 heavy (non-hydrogen) atoms. The molecule has 0 amide bonds. The minimum absolute atomic E-state index is 0.0382. The van der Waals surface area contributed by atoms with Crippen molar-refractivity contribution >= 4 is 21.4 Å². The molecule has 106 valence electrons. The van der Waals surface area contributed by atoms with Gasteiger partial charge in [-0.1, -0.05) is 12.1 Å². The van der Waals surface area contributed by atoms with Crippen molar-refractivity contribution in [3.63, 3.8) is 0 Å². The largest absolute Gasteiger partial charge is 0.399 e. The van der Waals surface area contributed by atoms with E-state index in [0.717, 1.165) is 0 Å². The van der Waals surface area contributed by atoms with Crippen LogP contribution in [0.5, 0.6) is 0 Å². The monoisotopic (exact) mass is 294 g/mol. The number of nitrogens with two attached hydrogens (primary N) is 1. The van der Waals surface area contributed by atoms with E-state index in [2.05, 4.69) is 4.72 Å².